The molecule has 0 aliphatic heterocycles. The Hall–Kier alpha value is -3.36. The predicted molar refractivity (Wildman–Crippen MR) is 101 cm³/mol. The Morgan fingerprint density at radius 1 is 1.22 bits per heavy atom. The Balaban J connectivity index is 1.59. The third-order valence-electron chi connectivity index (χ3n) is 4.65. The summed E-state index contributed by atoms with van der Waals surface area (Å²) in [6.07, 6.45) is 2.65. The van der Waals surface area contributed by atoms with Crippen LogP contribution in [0.25, 0.3) is 16.9 Å². The molecule has 3 heterocycles. The van der Waals surface area contributed by atoms with Crippen LogP contribution in [0.15, 0.2) is 40.1 Å². The molecule has 4 rings (SSSR count). The molecular weight excluding hydrogens is 351 g/mol. The second-order valence-electron chi connectivity index (χ2n) is 6.48. The Kier molecular flexibility index (Phi) is 4.06. The normalized spacial score (nSPS) is 11.5. The fourth-order valence-electron chi connectivity index (χ4n) is 3.23. The number of aryl methyl sites for hydroxylation is 3. The van der Waals surface area contributed by atoms with Gasteiger partial charge in [-0.2, -0.15) is 4.98 Å². The summed E-state index contributed by atoms with van der Waals surface area (Å²) in [4.78, 5) is 30.8. The van der Waals surface area contributed by atoms with Gasteiger partial charge in [0.1, 0.15) is 5.82 Å². The van der Waals surface area contributed by atoms with Gasteiger partial charge in [0, 0.05) is 37.7 Å². The van der Waals surface area contributed by atoms with E-state index < -0.39 is 11.2 Å². The quantitative estimate of drug-likeness (QED) is 0.523. The van der Waals surface area contributed by atoms with Gasteiger partial charge in [-0.05, 0) is 37.6 Å². The Labute approximate surface area is 152 Å². The van der Waals surface area contributed by atoms with Crippen molar-refractivity contribution >= 4 is 22.6 Å². The van der Waals surface area contributed by atoms with Crippen LogP contribution in [0.5, 0.6) is 0 Å². The van der Waals surface area contributed by atoms with Crippen LogP contribution in [-0.2, 0) is 13.6 Å². The van der Waals surface area contributed by atoms with Crippen LogP contribution in [0.3, 0.4) is 0 Å². The summed E-state index contributed by atoms with van der Waals surface area (Å²) >= 11 is 0. The summed E-state index contributed by atoms with van der Waals surface area (Å²) in [5.41, 5.74) is 1.61. The lowest BCUT2D eigenvalue weighted by Crippen LogP contribution is -2.28. The summed E-state index contributed by atoms with van der Waals surface area (Å²) in [6.45, 7) is 3.34. The summed E-state index contributed by atoms with van der Waals surface area (Å²) in [5, 5.41) is 3.25. The molecule has 0 fully saturated rings. The standard InChI is InChI=1S/C18H19FN6O2/c1-11-10-25-14-15(23(2)18(27)22-16(14)26)21-17(25)24(11)9-3-8-20-13-6-4-12(19)5-7-13/h4-7,10,20H,3,8-9H2,1-2H3,(H,22,26,27). The van der Waals surface area contributed by atoms with Gasteiger partial charge in [0.05, 0.1) is 0 Å². The van der Waals surface area contributed by atoms with Crippen molar-refractivity contribution in [3.63, 3.8) is 0 Å². The van der Waals surface area contributed by atoms with Gasteiger partial charge >= 0.3 is 5.69 Å². The monoisotopic (exact) mass is 370 g/mol. The molecule has 1 aromatic carbocycles. The average Bonchev–Trinajstić information content (AvgIpc) is 3.14. The lowest BCUT2D eigenvalue weighted by Gasteiger charge is -2.08. The number of halogens is 1. The van der Waals surface area contributed by atoms with Crippen LogP contribution in [0.1, 0.15) is 12.1 Å². The lowest BCUT2D eigenvalue weighted by atomic mass is 10.3. The maximum absolute atomic E-state index is 12.9. The molecule has 2 N–H and O–H groups in total. The van der Waals surface area contributed by atoms with Gasteiger partial charge in [-0.25, -0.2) is 9.18 Å². The van der Waals surface area contributed by atoms with Gasteiger partial charge in [0.25, 0.3) is 5.56 Å². The molecule has 140 valence electrons. The summed E-state index contributed by atoms with van der Waals surface area (Å²) in [7, 11) is 1.58. The van der Waals surface area contributed by atoms with E-state index in [1.165, 1.54) is 16.7 Å². The summed E-state index contributed by atoms with van der Waals surface area (Å²) in [6, 6.07) is 6.23. The average molecular weight is 370 g/mol. The van der Waals surface area contributed by atoms with E-state index in [1.54, 1.807) is 23.6 Å². The molecule has 0 saturated carbocycles. The van der Waals surface area contributed by atoms with Crippen LogP contribution in [0.4, 0.5) is 10.1 Å². The number of anilines is 1. The Morgan fingerprint density at radius 3 is 2.70 bits per heavy atom. The third kappa shape index (κ3) is 2.90. The number of aromatic nitrogens is 5. The number of hydrogen-bond donors (Lipinski definition) is 2. The van der Waals surface area contributed by atoms with E-state index in [4.69, 9.17) is 0 Å². The first kappa shape index (κ1) is 17.1. The van der Waals surface area contributed by atoms with Crippen LogP contribution < -0.4 is 16.6 Å². The van der Waals surface area contributed by atoms with Crippen LogP contribution in [0, 0.1) is 12.7 Å². The number of aromatic amines is 1. The molecule has 0 saturated heterocycles. The molecule has 0 bridgehead atoms. The molecule has 0 radical (unpaired) electrons. The van der Waals surface area contributed by atoms with E-state index >= 15 is 0 Å². The number of imidazole rings is 2. The molecule has 0 unspecified atom stereocenters. The SMILES string of the molecule is Cc1cn2c3c(=O)[nH]c(=O)n(C)c3nc2n1CCCNc1ccc(F)cc1. The lowest BCUT2D eigenvalue weighted by molar-refractivity contribution is 0.627. The van der Waals surface area contributed by atoms with Crippen molar-refractivity contribution in [2.45, 2.75) is 19.9 Å². The van der Waals surface area contributed by atoms with Crippen LogP contribution >= 0.6 is 0 Å². The van der Waals surface area contributed by atoms with Gasteiger partial charge in [-0.15, -0.1) is 0 Å². The molecule has 0 amide bonds. The number of H-pyrrole nitrogens is 1. The molecule has 0 atom stereocenters. The van der Waals surface area contributed by atoms with Crippen molar-refractivity contribution in [2.24, 2.45) is 7.05 Å². The Bertz CT molecular complexity index is 1250. The fourth-order valence-corrected chi connectivity index (χ4v) is 3.23. The third-order valence-corrected chi connectivity index (χ3v) is 4.65. The fraction of sp³-hybridized carbons (Fsp3) is 0.278. The van der Waals surface area contributed by atoms with Crippen molar-refractivity contribution in [3.8, 4) is 0 Å². The molecule has 27 heavy (non-hydrogen) atoms. The highest BCUT2D eigenvalue weighted by molar-refractivity contribution is 5.75. The van der Waals surface area contributed by atoms with Gasteiger partial charge in [-0.1, -0.05) is 0 Å². The highest BCUT2D eigenvalue weighted by atomic mass is 19.1. The first-order valence-electron chi connectivity index (χ1n) is 8.62. The minimum absolute atomic E-state index is 0.262. The van der Waals surface area contributed by atoms with Crippen LogP contribution in [-0.4, -0.2) is 30.0 Å². The zero-order chi connectivity index (χ0) is 19.1. The number of nitrogens with zero attached hydrogens (tertiary/aromatic N) is 4. The van der Waals surface area contributed by atoms with E-state index in [2.05, 4.69) is 15.3 Å². The van der Waals surface area contributed by atoms with Crippen LogP contribution in [0.2, 0.25) is 0 Å². The maximum Gasteiger partial charge on any atom is 0.329 e. The van der Waals surface area contributed by atoms with Gasteiger partial charge in [0.15, 0.2) is 11.2 Å². The van der Waals surface area contributed by atoms with Gasteiger partial charge in [-0.3, -0.25) is 18.7 Å². The van der Waals surface area contributed by atoms with E-state index in [9.17, 15) is 14.0 Å². The highest BCUT2D eigenvalue weighted by Gasteiger charge is 2.17. The molecule has 0 aliphatic rings. The number of hydrogen-bond acceptors (Lipinski definition) is 4. The van der Waals surface area contributed by atoms with E-state index in [0.29, 0.717) is 30.0 Å². The van der Waals surface area contributed by atoms with Gasteiger partial charge < -0.3 is 9.88 Å². The molecule has 3 aromatic heterocycles. The second-order valence-corrected chi connectivity index (χ2v) is 6.48. The highest BCUT2D eigenvalue weighted by Crippen LogP contribution is 2.16. The minimum atomic E-state index is -0.486. The zero-order valence-electron chi connectivity index (χ0n) is 15.0. The topological polar surface area (TPSA) is 89.1 Å². The Morgan fingerprint density at radius 2 is 1.96 bits per heavy atom. The van der Waals surface area contributed by atoms with Crippen molar-refractivity contribution in [1.29, 1.82) is 0 Å². The summed E-state index contributed by atoms with van der Waals surface area (Å²) < 4.78 is 18.0. The van der Waals surface area contributed by atoms with Crippen molar-refractivity contribution in [1.82, 2.24) is 23.5 Å². The molecule has 8 nitrogen and oxygen atoms in total. The zero-order valence-corrected chi connectivity index (χ0v) is 15.0. The second kappa shape index (κ2) is 6.42. The number of benzene rings is 1. The number of fused-ring (bicyclic) bond motifs is 3. The predicted octanol–water partition coefficient (Wildman–Crippen LogP) is 1.63. The van der Waals surface area contributed by atoms with E-state index in [0.717, 1.165) is 17.8 Å². The molecular formula is C18H19FN6O2. The molecule has 0 aliphatic carbocycles. The first-order valence-corrected chi connectivity index (χ1v) is 8.62. The molecule has 0 spiro atoms. The summed E-state index contributed by atoms with van der Waals surface area (Å²) in [5.74, 6) is 0.359. The van der Waals surface area contributed by atoms with Crippen molar-refractivity contribution in [2.75, 3.05) is 11.9 Å². The largest absolute Gasteiger partial charge is 0.385 e. The minimum Gasteiger partial charge on any atom is -0.385 e. The number of nitrogens with one attached hydrogen (secondary N) is 2. The number of rotatable bonds is 5. The smallest absolute Gasteiger partial charge is 0.329 e. The first-order chi connectivity index (χ1) is 13.0. The van der Waals surface area contributed by atoms with Crippen molar-refractivity contribution in [3.05, 3.63) is 62.8 Å². The van der Waals surface area contributed by atoms with E-state index in [-0.39, 0.29) is 5.82 Å². The maximum atomic E-state index is 12.9. The molecule has 4 aromatic rings. The van der Waals surface area contributed by atoms with Gasteiger partial charge in [0.2, 0.25) is 5.78 Å². The van der Waals surface area contributed by atoms with E-state index in [1.807, 2.05) is 17.7 Å². The van der Waals surface area contributed by atoms with Crippen molar-refractivity contribution < 1.29 is 4.39 Å². The molecule has 9 heteroatoms.